The number of hydrogen-bond donors (Lipinski definition) is 0. The summed E-state index contributed by atoms with van der Waals surface area (Å²) in [5, 5.41) is 8.25. The summed E-state index contributed by atoms with van der Waals surface area (Å²) in [6.07, 6.45) is 0. The second-order valence-electron chi connectivity index (χ2n) is 6.92. The maximum Gasteiger partial charge on any atom is 2.00 e. The average Bonchev–Trinajstić information content (AvgIpc) is 3.51. The summed E-state index contributed by atoms with van der Waals surface area (Å²) in [4.78, 5) is 0. The minimum absolute atomic E-state index is 0. The molecule has 0 unspecified atom stereocenters. The van der Waals surface area contributed by atoms with Crippen LogP contribution >= 0.6 is 47.1 Å². The van der Waals surface area contributed by atoms with Crippen molar-refractivity contribution in [3.8, 4) is 11.4 Å². The predicted molar refractivity (Wildman–Crippen MR) is 172 cm³/mol. The normalized spacial score (nSPS) is 9.23. The van der Waals surface area contributed by atoms with E-state index in [1.165, 1.54) is 22.7 Å². The summed E-state index contributed by atoms with van der Waals surface area (Å²) >= 11 is 22.8. The van der Waals surface area contributed by atoms with Crippen molar-refractivity contribution in [2.24, 2.45) is 0 Å². The molecule has 6 rings (SSSR count). The van der Waals surface area contributed by atoms with Gasteiger partial charge in [-0.1, -0.05) is 121 Å². The fourth-order valence-corrected chi connectivity index (χ4v) is 5.40. The molecule has 0 N–H and O–H groups in total. The van der Waals surface area contributed by atoms with Crippen LogP contribution in [0.1, 0.15) is 0 Å². The van der Waals surface area contributed by atoms with Crippen LogP contribution in [0.5, 0.6) is 0 Å². The van der Waals surface area contributed by atoms with Crippen LogP contribution in [0, 0.1) is 20.0 Å². The summed E-state index contributed by atoms with van der Waals surface area (Å²) in [6.45, 7) is 0. The first-order valence-electron chi connectivity index (χ1n) is 11.0. The molecule has 0 amide bonds. The van der Waals surface area contributed by atoms with Gasteiger partial charge in [0, 0.05) is 0 Å². The zero-order valence-electron chi connectivity index (χ0n) is 20.3. The molecule has 0 spiro atoms. The minimum atomic E-state index is 0. The van der Waals surface area contributed by atoms with E-state index in [1.54, 1.807) is 9.36 Å². The maximum atomic E-state index is 5.11. The van der Waals surface area contributed by atoms with E-state index in [0.29, 0.717) is 16.6 Å². The predicted octanol–water partition coefficient (Wildman–Crippen LogP) is 7.73. The third-order valence-electron chi connectivity index (χ3n) is 4.27. The molecular formula is C28H20N4S6Sn. The van der Waals surface area contributed by atoms with Gasteiger partial charge in [0.25, 0.3) is 0 Å². The van der Waals surface area contributed by atoms with Crippen LogP contribution in [0.25, 0.3) is 11.4 Å². The van der Waals surface area contributed by atoms with Gasteiger partial charge in [0.2, 0.25) is 0 Å². The van der Waals surface area contributed by atoms with E-state index in [2.05, 4.69) is 22.3 Å². The fourth-order valence-electron chi connectivity index (χ4n) is 2.67. The van der Waals surface area contributed by atoms with Gasteiger partial charge in [-0.2, -0.15) is 10.2 Å². The maximum absolute atomic E-state index is 5.11. The van der Waals surface area contributed by atoms with Crippen molar-refractivity contribution < 1.29 is 0 Å². The summed E-state index contributed by atoms with van der Waals surface area (Å²) < 4.78 is 5.90. The summed E-state index contributed by atoms with van der Waals surface area (Å²) in [6, 6.07) is 44.5. The molecule has 0 aliphatic carbocycles. The molecule has 2 aromatic heterocycles. The second kappa shape index (κ2) is 18.9. The SMILES string of the molecule is S=c1sc([S-])nn1-c1ccccc1.S=c1sc([S-])nn1-c1ccccc1.[Sn+2].[c]1ccccc1.[c]1ccccc1. The van der Waals surface area contributed by atoms with Gasteiger partial charge in [0.05, 0.1) is 19.3 Å². The van der Waals surface area contributed by atoms with E-state index in [-0.39, 0.29) is 23.9 Å². The van der Waals surface area contributed by atoms with Crippen LogP contribution in [0.2, 0.25) is 0 Å². The fraction of sp³-hybridized carbons (Fsp3) is 0. The monoisotopic (exact) mass is 724 g/mol. The Kier molecular flexibility index (Phi) is 15.9. The number of rotatable bonds is 2. The Hall–Kier alpha value is -2.32. The van der Waals surface area contributed by atoms with E-state index in [1.807, 2.05) is 121 Å². The first kappa shape index (κ1) is 32.9. The van der Waals surface area contributed by atoms with E-state index in [4.69, 9.17) is 49.7 Å². The minimum Gasteiger partial charge on any atom is -0.406 e. The van der Waals surface area contributed by atoms with Crippen LogP contribution in [-0.2, 0) is 25.3 Å². The molecule has 4 aromatic carbocycles. The Morgan fingerprint density at radius 1 is 0.538 bits per heavy atom. The van der Waals surface area contributed by atoms with Crippen molar-refractivity contribution >= 4 is 96.3 Å². The summed E-state index contributed by atoms with van der Waals surface area (Å²) in [5.74, 6) is 0. The molecule has 39 heavy (non-hydrogen) atoms. The van der Waals surface area contributed by atoms with E-state index >= 15 is 0 Å². The first-order chi connectivity index (χ1) is 18.5. The Labute approximate surface area is 274 Å². The molecule has 192 valence electrons. The molecule has 0 saturated carbocycles. The number of para-hydroxylation sites is 2. The van der Waals surface area contributed by atoms with Crippen molar-refractivity contribution in [3.63, 3.8) is 0 Å². The van der Waals surface area contributed by atoms with E-state index in [0.717, 1.165) is 11.4 Å². The molecule has 11 heteroatoms. The van der Waals surface area contributed by atoms with Crippen molar-refractivity contribution in [1.82, 2.24) is 19.6 Å². The zero-order valence-corrected chi connectivity index (χ0v) is 28.0. The van der Waals surface area contributed by atoms with Gasteiger partial charge in [0.15, 0.2) is 0 Å². The first-order valence-corrected chi connectivity index (χ1v) is 14.3. The topological polar surface area (TPSA) is 35.6 Å². The number of aromatic nitrogens is 4. The third kappa shape index (κ3) is 12.2. The molecule has 0 aliphatic heterocycles. The summed E-state index contributed by atoms with van der Waals surface area (Å²) in [7, 11) is 0. The van der Waals surface area contributed by atoms with Crippen molar-refractivity contribution in [2.75, 3.05) is 0 Å². The molecule has 0 aliphatic rings. The standard InChI is InChI=1S/2C8H6N2S3.2C6H5.Sn/c2*11-7-9-10(8(12)13-7)6-4-2-1-3-5-6;2*1-2-4-6-5-3-1;/h2*1-5H,(H,9,11);2*1-5H;/q;;;;+2/p-2. The molecule has 0 bridgehead atoms. The number of benzene rings is 4. The van der Waals surface area contributed by atoms with E-state index < -0.39 is 0 Å². The quantitative estimate of drug-likeness (QED) is 0.104. The van der Waals surface area contributed by atoms with Crippen molar-refractivity contribution in [1.29, 1.82) is 0 Å². The number of nitrogens with zero attached hydrogens (tertiary/aromatic N) is 4. The largest absolute Gasteiger partial charge is 2.00 e. The third-order valence-corrected chi connectivity index (χ3v) is 6.99. The zero-order chi connectivity index (χ0) is 27.0. The van der Waals surface area contributed by atoms with Crippen molar-refractivity contribution in [2.45, 2.75) is 8.68 Å². The molecule has 6 aromatic rings. The molecule has 2 heterocycles. The van der Waals surface area contributed by atoms with Crippen LogP contribution in [0.4, 0.5) is 0 Å². The Morgan fingerprint density at radius 3 is 1.05 bits per heavy atom. The van der Waals surface area contributed by atoms with Crippen LogP contribution in [-0.4, -0.2) is 43.5 Å². The Balaban J connectivity index is 0.000000192. The van der Waals surface area contributed by atoms with Crippen LogP contribution in [0.15, 0.2) is 130 Å². The average molecular weight is 724 g/mol. The molecule has 0 atom stereocenters. The van der Waals surface area contributed by atoms with E-state index in [9.17, 15) is 0 Å². The molecule has 4 radical (unpaired) electrons. The Morgan fingerprint density at radius 2 is 0.846 bits per heavy atom. The molecular weight excluding hydrogens is 703 g/mol. The van der Waals surface area contributed by atoms with Gasteiger partial charge in [-0.05, 0) is 45.1 Å². The second-order valence-corrected chi connectivity index (χ2v) is 11.5. The van der Waals surface area contributed by atoms with Crippen LogP contribution < -0.4 is 0 Å². The van der Waals surface area contributed by atoms with Gasteiger partial charge in [0.1, 0.15) is 0 Å². The van der Waals surface area contributed by atoms with Gasteiger partial charge in [-0.15, -0.1) is 0 Å². The van der Waals surface area contributed by atoms with Gasteiger partial charge in [-0.25, -0.2) is 9.36 Å². The summed E-state index contributed by atoms with van der Waals surface area (Å²) in [5.41, 5.74) is 1.92. The Bertz CT molecular complexity index is 1390. The van der Waals surface area contributed by atoms with Gasteiger partial charge < -0.3 is 47.9 Å². The van der Waals surface area contributed by atoms with Crippen molar-refractivity contribution in [3.05, 3.63) is 141 Å². The molecule has 4 nitrogen and oxygen atoms in total. The van der Waals surface area contributed by atoms with Gasteiger partial charge in [-0.3, -0.25) is 0 Å². The molecule has 0 saturated heterocycles. The molecule has 0 fully saturated rings. The number of hydrogen-bond acceptors (Lipinski definition) is 8. The smallest absolute Gasteiger partial charge is 0.406 e. The van der Waals surface area contributed by atoms with Gasteiger partial charge >= 0.3 is 23.9 Å². The van der Waals surface area contributed by atoms with Crippen LogP contribution in [0.3, 0.4) is 0 Å².